The Morgan fingerprint density at radius 3 is 1.08 bits per heavy atom. The minimum absolute atomic E-state index is 0.185. The summed E-state index contributed by atoms with van der Waals surface area (Å²) >= 11 is 0. The molecule has 0 aliphatic rings. The van der Waals surface area contributed by atoms with Crippen LogP contribution in [0, 0.1) is 0 Å². The number of anilines is 4. The van der Waals surface area contributed by atoms with Crippen LogP contribution in [0.4, 0.5) is 22.7 Å². The van der Waals surface area contributed by atoms with Gasteiger partial charge in [-0.2, -0.15) is 0 Å². The van der Waals surface area contributed by atoms with Crippen LogP contribution < -0.4 is 43.4 Å². The van der Waals surface area contributed by atoms with Crippen LogP contribution in [0.25, 0.3) is 0 Å². The van der Waals surface area contributed by atoms with Crippen LogP contribution in [0.5, 0.6) is 0 Å². The zero-order valence-electron chi connectivity index (χ0n) is 27.5. The van der Waals surface area contributed by atoms with Gasteiger partial charge in [-0.05, 0) is 30.7 Å². The molecule has 0 aliphatic carbocycles. The van der Waals surface area contributed by atoms with Crippen molar-refractivity contribution in [3.63, 3.8) is 0 Å². The van der Waals surface area contributed by atoms with E-state index >= 15 is 0 Å². The van der Waals surface area contributed by atoms with E-state index < -0.39 is 11.8 Å². The molecule has 18 heteroatoms. The third kappa shape index (κ3) is 9.02. The van der Waals surface area contributed by atoms with Gasteiger partial charge in [0.25, 0.3) is 23.6 Å². The fourth-order valence-electron chi connectivity index (χ4n) is 4.92. The molecule has 18 nitrogen and oxygen atoms in total. The van der Waals surface area contributed by atoms with Crippen molar-refractivity contribution in [3.05, 3.63) is 71.8 Å². The molecule has 0 atom stereocenters. The monoisotopic (exact) mass is 676 g/mol. The van der Waals surface area contributed by atoms with Crippen LogP contribution in [0.3, 0.4) is 0 Å². The van der Waals surface area contributed by atoms with Gasteiger partial charge in [0.2, 0.25) is 11.8 Å². The SMILES string of the molecule is Cn1cc(NC(=O)c2cc(NC(=O)CN)cn2C)cc1C(=O)NCCCNC(=O)c1cc(NC(=O)c2cc(NC(=O)CN)cn2C)cn1C. The molecule has 6 amide bonds. The summed E-state index contributed by atoms with van der Waals surface area (Å²) in [5.74, 6) is -2.37. The van der Waals surface area contributed by atoms with Crippen LogP contribution >= 0.6 is 0 Å². The highest BCUT2D eigenvalue weighted by atomic mass is 16.2. The number of carbonyl (C=O) groups is 6. The summed E-state index contributed by atoms with van der Waals surface area (Å²) in [6, 6.07) is 6.11. The molecule has 0 radical (unpaired) electrons. The lowest BCUT2D eigenvalue weighted by Gasteiger charge is -2.08. The van der Waals surface area contributed by atoms with Crippen molar-refractivity contribution < 1.29 is 28.8 Å². The molecule has 0 saturated heterocycles. The Morgan fingerprint density at radius 2 is 0.776 bits per heavy atom. The molecule has 4 rings (SSSR count). The summed E-state index contributed by atoms with van der Waals surface area (Å²) in [7, 11) is 6.66. The van der Waals surface area contributed by atoms with E-state index in [0.29, 0.717) is 40.6 Å². The molecule has 0 bridgehead atoms. The van der Waals surface area contributed by atoms with E-state index in [1.165, 1.54) is 24.3 Å². The Morgan fingerprint density at radius 1 is 0.490 bits per heavy atom. The number of nitrogens with one attached hydrogen (secondary N) is 6. The van der Waals surface area contributed by atoms with Gasteiger partial charge in [0, 0.05) is 66.1 Å². The lowest BCUT2D eigenvalue weighted by Crippen LogP contribution is -2.31. The van der Waals surface area contributed by atoms with E-state index in [-0.39, 0.29) is 61.2 Å². The molecule has 49 heavy (non-hydrogen) atoms. The van der Waals surface area contributed by atoms with Crippen LogP contribution in [0.15, 0.2) is 49.1 Å². The molecule has 0 aromatic carbocycles. The summed E-state index contributed by atoms with van der Waals surface area (Å²) in [4.78, 5) is 74.4. The molecule has 4 aromatic rings. The minimum Gasteiger partial charge on any atom is -0.351 e. The first kappa shape index (κ1) is 35.7. The molecule has 4 aromatic heterocycles. The fourth-order valence-corrected chi connectivity index (χ4v) is 4.92. The van der Waals surface area contributed by atoms with E-state index in [0.717, 1.165) is 0 Å². The number of nitrogens with two attached hydrogens (primary N) is 2. The van der Waals surface area contributed by atoms with Crippen molar-refractivity contribution in [2.24, 2.45) is 39.7 Å². The second kappa shape index (κ2) is 15.6. The van der Waals surface area contributed by atoms with Gasteiger partial charge in [-0.1, -0.05) is 0 Å². The highest BCUT2D eigenvalue weighted by Crippen LogP contribution is 2.19. The summed E-state index contributed by atoms with van der Waals surface area (Å²) in [6.07, 6.45) is 6.81. The van der Waals surface area contributed by atoms with Crippen LogP contribution in [0.2, 0.25) is 0 Å². The predicted octanol–water partition coefficient (Wildman–Crippen LogP) is -0.110. The van der Waals surface area contributed by atoms with Gasteiger partial charge >= 0.3 is 0 Å². The van der Waals surface area contributed by atoms with Crippen molar-refractivity contribution in [1.82, 2.24) is 28.9 Å². The quantitative estimate of drug-likeness (QED) is 0.0836. The van der Waals surface area contributed by atoms with Gasteiger partial charge in [-0.3, -0.25) is 28.8 Å². The van der Waals surface area contributed by atoms with Gasteiger partial charge in [-0.25, -0.2) is 0 Å². The summed E-state index contributed by atoms with van der Waals surface area (Å²) < 4.78 is 6.27. The third-order valence-corrected chi connectivity index (χ3v) is 7.33. The maximum absolute atomic E-state index is 12.8. The third-order valence-electron chi connectivity index (χ3n) is 7.33. The van der Waals surface area contributed by atoms with Crippen molar-refractivity contribution >= 4 is 58.2 Å². The van der Waals surface area contributed by atoms with Gasteiger partial charge in [0.15, 0.2) is 0 Å². The normalized spacial score (nSPS) is 10.7. The first-order chi connectivity index (χ1) is 23.3. The predicted molar refractivity (Wildman–Crippen MR) is 182 cm³/mol. The van der Waals surface area contributed by atoms with Crippen LogP contribution in [-0.4, -0.2) is 79.9 Å². The molecule has 4 heterocycles. The Labute approximate surface area is 281 Å². The number of carbonyl (C=O) groups excluding carboxylic acids is 6. The van der Waals surface area contributed by atoms with E-state index in [1.807, 2.05) is 0 Å². The Bertz CT molecular complexity index is 1760. The Balaban J connectivity index is 1.23. The van der Waals surface area contributed by atoms with Crippen molar-refractivity contribution in [3.8, 4) is 0 Å². The second-order valence-electron chi connectivity index (χ2n) is 11.2. The lowest BCUT2D eigenvalue weighted by atomic mass is 10.3. The molecule has 0 unspecified atom stereocenters. The largest absolute Gasteiger partial charge is 0.351 e. The number of nitrogens with zero attached hydrogens (tertiary/aromatic N) is 4. The van der Waals surface area contributed by atoms with E-state index in [9.17, 15) is 28.8 Å². The van der Waals surface area contributed by atoms with Crippen molar-refractivity contribution in [1.29, 1.82) is 0 Å². The number of hydrogen-bond donors (Lipinski definition) is 8. The number of rotatable bonds is 14. The van der Waals surface area contributed by atoms with Gasteiger partial charge in [-0.15, -0.1) is 0 Å². The maximum atomic E-state index is 12.8. The summed E-state index contributed by atoms with van der Waals surface area (Å²) in [5, 5.41) is 16.3. The lowest BCUT2D eigenvalue weighted by molar-refractivity contribution is -0.115. The van der Waals surface area contributed by atoms with Crippen molar-refractivity contribution in [2.75, 3.05) is 47.4 Å². The molecule has 0 fully saturated rings. The standard InChI is InChI=1S/C31H40N12O6/c1-40-16-20(38-30(48)24-8-18(14-42(24)3)36-26(44)12-32)10-22(40)28(46)34-6-5-7-35-29(47)23-11-21(17-41(23)2)39-31(49)25-9-19(15-43(25)4)37-27(45)13-33/h8-11,14-17H,5-7,12-13,32-33H2,1-4H3,(H,34,46)(H,35,47)(H,36,44)(H,37,45)(H,38,48)(H,39,49). The second-order valence-corrected chi connectivity index (χ2v) is 11.2. The van der Waals surface area contributed by atoms with E-state index in [2.05, 4.69) is 31.9 Å². The molecular weight excluding hydrogens is 636 g/mol. The van der Waals surface area contributed by atoms with E-state index in [4.69, 9.17) is 11.5 Å². The summed E-state index contributed by atoms with van der Waals surface area (Å²) in [6.45, 7) is 0.169. The Hall–Kier alpha value is -6.14. The molecule has 0 spiro atoms. The maximum Gasteiger partial charge on any atom is 0.272 e. The minimum atomic E-state index is -0.434. The van der Waals surface area contributed by atoms with Gasteiger partial charge in [0.05, 0.1) is 35.8 Å². The summed E-state index contributed by atoms with van der Waals surface area (Å²) in [5.41, 5.74) is 13.5. The number of hydrogen-bond acceptors (Lipinski definition) is 8. The van der Waals surface area contributed by atoms with Crippen molar-refractivity contribution in [2.45, 2.75) is 6.42 Å². The van der Waals surface area contributed by atoms with Gasteiger partial charge < -0.3 is 61.6 Å². The molecular formula is C31H40N12O6. The zero-order valence-corrected chi connectivity index (χ0v) is 27.5. The highest BCUT2D eigenvalue weighted by Gasteiger charge is 2.19. The topological polar surface area (TPSA) is 246 Å². The first-order valence-corrected chi connectivity index (χ1v) is 15.1. The number of amides is 6. The smallest absolute Gasteiger partial charge is 0.272 e. The van der Waals surface area contributed by atoms with Crippen LogP contribution in [-0.2, 0) is 37.8 Å². The number of aromatic nitrogens is 4. The average Bonchev–Trinajstić information content (AvgIpc) is 3.81. The van der Waals surface area contributed by atoms with Gasteiger partial charge in [0.1, 0.15) is 22.8 Å². The first-order valence-electron chi connectivity index (χ1n) is 15.1. The highest BCUT2D eigenvalue weighted by molar-refractivity contribution is 6.06. The molecule has 260 valence electrons. The fraction of sp³-hybridized carbons (Fsp3) is 0.290. The zero-order chi connectivity index (χ0) is 35.8. The average molecular weight is 677 g/mol. The number of aryl methyl sites for hydroxylation is 4. The molecule has 0 saturated carbocycles. The molecule has 10 N–H and O–H groups in total. The van der Waals surface area contributed by atoms with Crippen LogP contribution in [0.1, 0.15) is 48.4 Å². The molecule has 0 aliphatic heterocycles. The van der Waals surface area contributed by atoms with E-state index in [1.54, 1.807) is 71.2 Å². The Kier molecular flexibility index (Phi) is 11.4.